The van der Waals surface area contributed by atoms with Crippen molar-refractivity contribution in [3.63, 3.8) is 0 Å². The number of hydrogen-bond donors (Lipinski definition) is 1. The molecule has 0 aliphatic carbocycles. The average molecular weight is 371 g/mol. The Morgan fingerprint density at radius 1 is 0.786 bits per heavy atom. The molecule has 0 saturated carbocycles. The highest BCUT2D eigenvalue weighted by Crippen LogP contribution is 2.32. The van der Waals surface area contributed by atoms with Gasteiger partial charge in [0.25, 0.3) is 0 Å². The van der Waals surface area contributed by atoms with Crippen molar-refractivity contribution in [1.29, 1.82) is 0 Å². The van der Waals surface area contributed by atoms with Crippen molar-refractivity contribution < 1.29 is 9.47 Å². The van der Waals surface area contributed by atoms with Crippen LogP contribution < -0.4 is 14.8 Å². The summed E-state index contributed by atoms with van der Waals surface area (Å²) in [6, 6.07) is 23.9. The monoisotopic (exact) mass is 371 g/mol. The molecular formula is C23H21N3O2. The SMILES string of the molecule is COc1ccc(-c2nc(NCc3ccccc3)c3ccccc3n2)cc1OC. The van der Waals surface area contributed by atoms with E-state index >= 15 is 0 Å². The van der Waals surface area contributed by atoms with Crippen molar-refractivity contribution in [3.05, 3.63) is 78.4 Å². The standard InChI is InChI=1S/C23H21N3O2/c1-27-20-13-12-17(14-21(20)28-2)22-25-19-11-7-6-10-18(19)23(26-22)24-15-16-8-4-3-5-9-16/h3-14H,15H2,1-2H3,(H,24,25,26). The summed E-state index contributed by atoms with van der Waals surface area (Å²) in [5, 5.41) is 4.45. The van der Waals surface area contributed by atoms with Gasteiger partial charge in [-0.2, -0.15) is 0 Å². The number of anilines is 1. The van der Waals surface area contributed by atoms with Crippen molar-refractivity contribution in [3.8, 4) is 22.9 Å². The second kappa shape index (κ2) is 7.96. The van der Waals surface area contributed by atoms with Crippen molar-refractivity contribution in [2.45, 2.75) is 6.54 Å². The van der Waals surface area contributed by atoms with Crippen LogP contribution in [0, 0.1) is 0 Å². The van der Waals surface area contributed by atoms with E-state index in [0.717, 1.165) is 22.3 Å². The summed E-state index contributed by atoms with van der Waals surface area (Å²) in [6.07, 6.45) is 0. The van der Waals surface area contributed by atoms with Crippen LogP contribution in [0.25, 0.3) is 22.3 Å². The first-order valence-electron chi connectivity index (χ1n) is 9.05. The van der Waals surface area contributed by atoms with E-state index in [1.807, 2.05) is 60.7 Å². The van der Waals surface area contributed by atoms with Crippen LogP contribution in [0.4, 0.5) is 5.82 Å². The lowest BCUT2D eigenvalue weighted by Gasteiger charge is -2.12. The number of benzene rings is 3. The Morgan fingerprint density at radius 3 is 2.32 bits per heavy atom. The molecule has 0 amide bonds. The van der Waals surface area contributed by atoms with Gasteiger partial charge in [0, 0.05) is 17.5 Å². The van der Waals surface area contributed by atoms with Crippen LogP contribution in [-0.2, 0) is 6.54 Å². The number of ether oxygens (including phenoxy) is 2. The van der Waals surface area contributed by atoms with Crippen LogP contribution in [-0.4, -0.2) is 24.2 Å². The fraction of sp³-hybridized carbons (Fsp3) is 0.130. The maximum absolute atomic E-state index is 5.43. The molecule has 3 aromatic carbocycles. The molecule has 28 heavy (non-hydrogen) atoms. The van der Waals surface area contributed by atoms with E-state index in [4.69, 9.17) is 19.4 Å². The molecule has 1 aromatic heterocycles. The predicted octanol–water partition coefficient (Wildman–Crippen LogP) is 4.93. The Labute approximate surface area is 164 Å². The molecule has 0 spiro atoms. The van der Waals surface area contributed by atoms with Gasteiger partial charge in [0.2, 0.25) is 0 Å². The molecule has 0 atom stereocenters. The van der Waals surface area contributed by atoms with E-state index in [0.29, 0.717) is 23.9 Å². The fourth-order valence-corrected chi connectivity index (χ4v) is 3.10. The van der Waals surface area contributed by atoms with E-state index < -0.39 is 0 Å². The number of nitrogens with one attached hydrogen (secondary N) is 1. The van der Waals surface area contributed by atoms with Gasteiger partial charge >= 0.3 is 0 Å². The van der Waals surface area contributed by atoms with Crippen molar-refractivity contribution in [2.75, 3.05) is 19.5 Å². The largest absolute Gasteiger partial charge is 0.493 e. The third kappa shape index (κ3) is 3.60. The minimum atomic E-state index is 0.634. The van der Waals surface area contributed by atoms with Gasteiger partial charge in [0.1, 0.15) is 5.82 Å². The zero-order chi connectivity index (χ0) is 19.3. The minimum Gasteiger partial charge on any atom is -0.493 e. The summed E-state index contributed by atoms with van der Waals surface area (Å²) in [6.45, 7) is 0.688. The number of rotatable bonds is 6. The molecule has 4 rings (SSSR count). The van der Waals surface area contributed by atoms with E-state index in [1.165, 1.54) is 5.56 Å². The van der Waals surface area contributed by atoms with Gasteiger partial charge in [-0.25, -0.2) is 9.97 Å². The molecule has 0 aliphatic heterocycles. The molecule has 0 aliphatic rings. The van der Waals surface area contributed by atoms with E-state index in [1.54, 1.807) is 14.2 Å². The number of aromatic nitrogens is 2. The summed E-state index contributed by atoms with van der Waals surface area (Å²) < 4.78 is 10.8. The maximum Gasteiger partial charge on any atom is 0.162 e. The normalized spacial score (nSPS) is 10.6. The molecular weight excluding hydrogens is 350 g/mol. The highest BCUT2D eigenvalue weighted by atomic mass is 16.5. The number of methoxy groups -OCH3 is 2. The molecule has 140 valence electrons. The van der Waals surface area contributed by atoms with Crippen LogP contribution >= 0.6 is 0 Å². The second-order valence-corrected chi connectivity index (χ2v) is 6.32. The van der Waals surface area contributed by atoms with Gasteiger partial charge in [0.05, 0.1) is 19.7 Å². The number of nitrogens with zero attached hydrogens (tertiary/aromatic N) is 2. The lowest BCUT2D eigenvalue weighted by molar-refractivity contribution is 0.355. The molecule has 5 nitrogen and oxygen atoms in total. The molecule has 0 radical (unpaired) electrons. The number of hydrogen-bond acceptors (Lipinski definition) is 5. The predicted molar refractivity (Wildman–Crippen MR) is 112 cm³/mol. The van der Waals surface area contributed by atoms with Gasteiger partial charge in [-0.05, 0) is 35.9 Å². The Hall–Kier alpha value is -3.60. The Morgan fingerprint density at radius 2 is 1.54 bits per heavy atom. The van der Waals surface area contributed by atoms with Crippen LogP contribution in [0.5, 0.6) is 11.5 Å². The lowest BCUT2D eigenvalue weighted by atomic mass is 10.1. The van der Waals surface area contributed by atoms with E-state index in [-0.39, 0.29) is 0 Å². The van der Waals surface area contributed by atoms with Crippen LogP contribution in [0.3, 0.4) is 0 Å². The summed E-state index contributed by atoms with van der Waals surface area (Å²) in [4.78, 5) is 9.54. The first kappa shape index (κ1) is 17.8. The fourth-order valence-electron chi connectivity index (χ4n) is 3.10. The van der Waals surface area contributed by atoms with Gasteiger partial charge in [-0.15, -0.1) is 0 Å². The summed E-state index contributed by atoms with van der Waals surface area (Å²) >= 11 is 0. The molecule has 0 bridgehead atoms. The highest BCUT2D eigenvalue weighted by Gasteiger charge is 2.12. The molecule has 5 heteroatoms. The lowest BCUT2D eigenvalue weighted by Crippen LogP contribution is -2.04. The Balaban J connectivity index is 1.75. The van der Waals surface area contributed by atoms with Gasteiger partial charge in [-0.1, -0.05) is 42.5 Å². The first-order chi connectivity index (χ1) is 13.8. The Bertz CT molecular complexity index is 1100. The maximum atomic E-state index is 5.43. The highest BCUT2D eigenvalue weighted by molar-refractivity contribution is 5.90. The van der Waals surface area contributed by atoms with Crippen molar-refractivity contribution in [1.82, 2.24) is 9.97 Å². The molecule has 1 heterocycles. The van der Waals surface area contributed by atoms with Crippen LogP contribution in [0.15, 0.2) is 72.8 Å². The first-order valence-corrected chi connectivity index (χ1v) is 9.05. The second-order valence-electron chi connectivity index (χ2n) is 6.32. The van der Waals surface area contributed by atoms with Crippen molar-refractivity contribution >= 4 is 16.7 Å². The molecule has 0 fully saturated rings. The summed E-state index contributed by atoms with van der Waals surface area (Å²) in [5.74, 6) is 2.76. The van der Waals surface area contributed by atoms with Crippen molar-refractivity contribution in [2.24, 2.45) is 0 Å². The quantitative estimate of drug-likeness (QED) is 0.521. The summed E-state index contributed by atoms with van der Waals surface area (Å²) in [7, 11) is 3.24. The molecule has 4 aromatic rings. The van der Waals surface area contributed by atoms with Gasteiger partial charge < -0.3 is 14.8 Å². The average Bonchev–Trinajstić information content (AvgIpc) is 2.77. The number of para-hydroxylation sites is 1. The van der Waals surface area contributed by atoms with E-state index in [9.17, 15) is 0 Å². The zero-order valence-corrected chi connectivity index (χ0v) is 15.8. The van der Waals surface area contributed by atoms with Crippen LogP contribution in [0.2, 0.25) is 0 Å². The minimum absolute atomic E-state index is 0.634. The van der Waals surface area contributed by atoms with Gasteiger partial charge in [-0.3, -0.25) is 0 Å². The third-order valence-corrected chi connectivity index (χ3v) is 4.55. The van der Waals surface area contributed by atoms with E-state index in [2.05, 4.69) is 17.4 Å². The third-order valence-electron chi connectivity index (χ3n) is 4.55. The zero-order valence-electron chi connectivity index (χ0n) is 15.8. The topological polar surface area (TPSA) is 56.3 Å². The van der Waals surface area contributed by atoms with Crippen LogP contribution in [0.1, 0.15) is 5.56 Å². The summed E-state index contributed by atoms with van der Waals surface area (Å²) in [5.41, 5.74) is 2.95. The smallest absolute Gasteiger partial charge is 0.162 e. The molecule has 1 N–H and O–H groups in total. The van der Waals surface area contributed by atoms with Gasteiger partial charge in [0.15, 0.2) is 17.3 Å². The Kier molecular flexibility index (Phi) is 5.06. The molecule has 0 saturated heterocycles. The molecule has 0 unspecified atom stereocenters. The number of fused-ring (bicyclic) bond motifs is 1.